The molecule has 3 aromatic carbocycles. The third kappa shape index (κ3) is 4.53. The molecule has 1 atom stereocenters. The lowest BCUT2D eigenvalue weighted by atomic mass is 10.1. The van der Waals surface area contributed by atoms with Crippen molar-refractivity contribution >= 4 is 33.0 Å². The van der Waals surface area contributed by atoms with Crippen molar-refractivity contribution in [2.24, 2.45) is 0 Å². The molecular weight excluding hydrogens is 500 g/mol. The molecule has 2 aliphatic heterocycles. The van der Waals surface area contributed by atoms with Crippen molar-refractivity contribution in [3.63, 3.8) is 0 Å². The van der Waals surface area contributed by atoms with E-state index in [9.17, 15) is 18.0 Å². The zero-order valence-electron chi connectivity index (χ0n) is 20.1. The van der Waals surface area contributed by atoms with Gasteiger partial charge in [0.2, 0.25) is 18.6 Å². The van der Waals surface area contributed by atoms with Gasteiger partial charge in [0.1, 0.15) is 6.54 Å². The zero-order valence-corrected chi connectivity index (χ0v) is 20.9. The van der Waals surface area contributed by atoms with Gasteiger partial charge in [0.15, 0.2) is 32.8 Å². The number of sulfone groups is 1. The molecule has 10 nitrogen and oxygen atoms in total. The monoisotopic (exact) mass is 524 g/mol. The second-order valence-electron chi connectivity index (χ2n) is 8.42. The fraction of sp³-hybridized carbons (Fsp3) is 0.231. The number of fused-ring (bicyclic) bond motifs is 2. The van der Waals surface area contributed by atoms with E-state index in [0.717, 1.165) is 0 Å². The average Bonchev–Trinajstić information content (AvgIpc) is 3.35. The lowest BCUT2D eigenvalue weighted by Gasteiger charge is -2.22. The molecule has 2 aliphatic rings. The average molecular weight is 525 g/mol. The first kappa shape index (κ1) is 24.4. The number of benzene rings is 3. The zero-order chi connectivity index (χ0) is 26.2. The number of nitrogens with zero attached hydrogens (tertiary/aromatic N) is 1. The highest BCUT2D eigenvalue weighted by atomic mass is 32.2. The first-order chi connectivity index (χ1) is 17.8. The van der Waals surface area contributed by atoms with Crippen molar-refractivity contribution in [3.8, 4) is 23.0 Å². The number of anilines is 2. The highest BCUT2D eigenvalue weighted by Crippen LogP contribution is 2.43. The van der Waals surface area contributed by atoms with E-state index in [4.69, 9.17) is 18.9 Å². The van der Waals surface area contributed by atoms with Crippen molar-refractivity contribution < 1.29 is 37.0 Å². The Balaban J connectivity index is 1.45. The fourth-order valence-electron chi connectivity index (χ4n) is 4.43. The number of hydrogen-bond donors (Lipinski definition) is 1. The van der Waals surface area contributed by atoms with Gasteiger partial charge in [0, 0.05) is 18.2 Å². The summed E-state index contributed by atoms with van der Waals surface area (Å²) in [5, 5.41) is 1.57. The van der Waals surface area contributed by atoms with E-state index < -0.39 is 26.9 Å². The van der Waals surface area contributed by atoms with E-state index in [0.29, 0.717) is 34.2 Å². The van der Waals surface area contributed by atoms with Gasteiger partial charge < -0.3 is 29.2 Å². The van der Waals surface area contributed by atoms with E-state index >= 15 is 0 Å². The smallest absolute Gasteiger partial charge is 0.244 e. The topological polar surface area (TPSA) is 120 Å². The van der Waals surface area contributed by atoms with Crippen LogP contribution in [0, 0.1) is 0 Å². The molecule has 3 aromatic rings. The van der Waals surface area contributed by atoms with Gasteiger partial charge in [0.05, 0.1) is 30.1 Å². The van der Waals surface area contributed by atoms with Crippen LogP contribution in [0.3, 0.4) is 0 Å². The van der Waals surface area contributed by atoms with Crippen LogP contribution in [0.5, 0.6) is 23.0 Å². The molecule has 0 saturated heterocycles. The Bertz CT molecular complexity index is 1490. The Morgan fingerprint density at radius 1 is 1.00 bits per heavy atom. The number of ether oxygens (including phenoxy) is 4. The maximum atomic E-state index is 13.7. The Hall–Kier alpha value is -4.25. The minimum Gasteiger partial charge on any atom is -0.493 e. The summed E-state index contributed by atoms with van der Waals surface area (Å²) in [5.41, 5.74) is 0.992. The van der Waals surface area contributed by atoms with Crippen LogP contribution in [-0.2, 0) is 19.4 Å². The molecule has 0 aromatic heterocycles. The van der Waals surface area contributed by atoms with E-state index in [2.05, 4.69) is 5.32 Å². The Morgan fingerprint density at radius 2 is 1.76 bits per heavy atom. The van der Waals surface area contributed by atoms with Gasteiger partial charge in [0.25, 0.3) is 0 Å². The largest absolute Gasteiger partial charge is 0.493 e. The number of nitrogens with one attached hydrogen (secondary N) is 1. The van der Waals surface area contributed by atoms with Gasteiger partial charge in [-0.2, -0.15) is 0 Å². The summed E-state index contributed by atoms with van der Waals surface area (Å²) >= 11 is 0. The molecule has 1 N–H and O–H groups in total. The second kappa shape index (κ2) is 9.66. The summed E-state index contributed by atoms with van der Waals surface area (Å²) in [6.45, 7) is -0.339. The maximum absolute atomic E-state index is 13.7. The van der Waals surface area contributed by atoms with Crippen molar-refractivity contribution in [1.82, 2.24) is 0 Å². The summed E-state index contributed by atoms with van der Waals surface area (Å²) in [4.78, 5) is 27.6. The van der Waals surface area contributed by atoms with Crippen LogP contribution in [0.15, 0.2) is 65.6 Å². The number of rotatable bonds is 6. The lowest BCUT2D eigenvalue weighted by Crippen LogP contribution is -2.38. The molecule has 5 rings (SSSR count). The molecule has 0 aliphatic carbocycles. The molecule has 1 unspecified atom stereocenters. The molecule has 0 bridgehead atoms. The number of hydrogen-bond acceptors (Lipinski definition) is 8. The Labute approximate surface area is 213 Å². The van der Waals surface area contributed by atoms with Crippen LogP contribution < -0.4 is 29.2 Å². The molecular formula is C26H24N2O8S. The summed E-state index contributed by atoms with van der Waals surface area (Å²) < 4.78 is 48.7. The fourth-order valence-corrected chi connectivity index (χ4v) is 6.34. The number of carbonyl (C=O) groups excluding carboxylic acids is 2. The second-order valence-corrected chi connectivity index (χ2v) is 10.5. The van der Waals surface area contributed by atoms with Gasteiger partial charge in [-0.3, -0.25) is 9.59 Å². The van der Waals surface area contributed by atoms with Gasteiger partial charge in [-0.15, -0.1) is 0 Å². The van der Waals surface area contributed by atoms with Crippen LogP contribution in [0.4, 0.5) is 11.4 Å². The molecule has 11 heteroatoms. The Morgan fingerprint density at radius 3 is 2.54 bits per heavy atom. The predicted molar refractivity (Wildman–Crippen MR) is 134 cm³/mol. The molecule has 0 radical (unpaired) electrons. The van der Waals surface area contributed by atoms with Crippen molar-refractivity contribution in [2.75, 3.05) is 37.8 Å². The summed E-state index contributed by atoms with van der Waals surface area (Å²) in [6.07, 6.45) is -0.347. The SMILES string of the molecule is COc1ccc(NC(=O)CN2C(=O)CC(c3ccc4c(c3)OCO4)S(=O)(=O)c3ccccc32)cc1OC. The van der Waals surface area contributed by atoms with Crippen LogP contribution in [0.1, 0.15) is 17.2 Å². The molecule has 0 fully saturated rings. The molecule has 0 saturated carbocycles. The summed E-state index contributed by atoms with van der Waals surface area (Å²) in [7, 11) is -1.01. The third-order valence-electron chi connectivity index (χ3n) is 6.24. The minimum atomic E-state index is -3.99. The first-order valence-electron chi connectivity index (χ1n) is 11.4. The van der Waals surface area contributed by atoms with E-state index in [1.54, 1.807) is 48.5 Å². The minimum absolute atomic E-state index is 0.0255. The lowest BCUT2D eigenvalue weighted by molar-refractivity contribution is -0.121. The molecule has 0 spiro atoms. The van der Waals surface area contributed by atoms with Gasteiger partial charge >= 0.3 is 0 Å². The normalized spacial score (nSPS) is 17.5. The predicted octanol–water partition coefficient (Wildman–Crippen LogP) is 3.32. The first-order valence-corrected chi connectivity index (χ1v) is 12.9. The van der Waals surface area contributed by atoms with E-state index in [1.165, 1.54) is 31.3 Å². The summed E-state index contributed by atoms with van der Waals surface area (Å²) in [5.74, 6) is 0.845. The van der Waals surface area contributed by atoms with Gasteiger partial charge in [-0.25, -0.2) is 8.42 Å². The molecule has 37 heavy (non-hydrogen) atoms. The van der Waals surface area contributed by atoms with Crippen molar-refractivity contribution in [2.45, 2.75) is 16.6 Å². The molecule has 192 valence electrons. The van der Waals surface area contributed by atoms with Crippen LogP contribution in [0.2, 0.25) is 0 Å². The molecule has 2 amide bonds. The third-order valence-corrected chi connectivity index (χ3v) is 8.38. The number of para-hydroxylation sites is 1. The number of carbonyl (C=O) groups is 2. The van der Waals surface area contributed by atoms with Crippen LogP contribution >= 0.6 is 0 Å². The highest BCUT2D eigenvalue weighted by Gasteiger charge is 2.40. The van der Waals surface area contributed by atoms with E-state index in [-0.39, 0.29) is 30.3 Å². The van der Waals surface area contributed by atoms with Gasteiger partial charge in [-0.1, -0.05) is 18.2 Å². The van der Waals surface area contributed by atoms with Crippen molar-refractivity contribution in [3.05, 3.63) is 66.2 Å². The van der Waals surface area contributed by atoms with Gasteiger partial charge in [-0.05, 0) is 42.0 Å². The molecule has 2 heterocycles. The van der Waals surface area contributed by atoms with Crippen LogP contribution in [0.25, 0.3) is 0 Å². The quantitative estimate of drug-likeness (QED) is 0.522. The van der Waals surface area contributed by atoms with Crippen molar-refractivity contribution in [1.29, 1.82) is 0 Å². The number of methoxy groups -OCH3 is 2. The summed E-state index contributed by atoms with van der Waals surface area (Å²) in [6, 6.07) is 15.9. The van der Waals surface area contributed by atoms with E-state index in [1.807, 2.05) is 0 Å². The maximum Gasteiger partial charge on any atom is 0.244 e. The Kier molecular flexibility index (Phi) is 6.38. The highest BCUT2D eigenvalue weighted by molar-refractivity contribution is 7.92. The number of amides is 2. The standard InChI is InChI=1S/C26H24N2O8S/c1-33-19-10-8-17(12-21(19)34-2)27-25(29)14-28-18-5-3-4-6-23(18)37(31,32)24(13-26(28)30)16-7-9-20-22(11-16)36-15-35-20/h3-12,24H,13-15H2,1-2H3,(H,27,29). The van der Waals surface area contributed by atoms with Crippen LogP contribution in [-0.4, -0.2) is 47.8 Å².